The maximum atomic E-state index is 13.8. The molecule has 152 valence electrons. The van der Waals surface area contributed by atoms with Crippen molar-refractivity contribution in [1.82, 2.24) is 9.29 Å². The van der Waals surface area contributed by atoms with E-state index in [2.05, 4.69) is 15.0 Å². The molecular weight excluding hydrogens is 415 g/mol. The first kappa shape index (κ1) is 19.8. The van der Waals surface area contributed by atoms with Crippen molar-refractivity contribution in [2.45, 2.75) is 0 Å². The Morgan fingerprint density at radius 2 is 1.90 bits per heavy atom. The van der Waals surface area contributed by atoms with E-state index in [4.69, 9.17) is 4.74 Å². The fourth-order valence-electron chi connectivity index (χ4n) is 2.88. The van der Waals surface area contributed by atoms with Gasteiger partial charge in [0.1, 0.15) is 5.82 Å². The Balaban J connectivity index is 1.50. The second-order valence-electron chi connectivity index (χ2n) is 6.34. The summed E-state index contributed by atoms with van der Waals surface area (Å²) in [4.78, 5) is 4.48. The van der Waals surface area contributed by atoms with Crippen LogP contribution in [0.25, 0.3) is 11.3 Å². The van der Waals surface area contributed by atoms with Crippen LogP contribution in [0.5, 0.6) is 0 Å². The van der Waals surface area contributed by atoms with Crippen molar-refractivity contribution >= 4 is 38.1 Å². The zero-order valence-corrected chi connectivity index (χ0v) is 17.0. The summed E-state index contributed by atoms with van der Waals surface area (Å²) in [6.45, 7) is 1.42. The van der Waals surface area contributed by atoms with Gasteiger partial charge in [0.05, 0.1) is 30.3 Å². The Kier molecular flexibility index (Phi) is 5.76. The maximum absolute atomic E-state index is 13.8. The molecule has 0 unspecified atom stereocenters. The number of hydrogen-bond acceptors (Lipinski definition) is 6. The first-order valence-electron chi connectivity index (χ1n) is 8.94. The molecule has 2 aromatic carbocycles. The van der Waals surface area contributed by atoms with Crippen molar-refractivity contribution in [1.29, 1.82) is 0 Å². The van der Waals surface area contributed by atoms with Gasteiger partial charge in [-0.05, 0) is 24.3 Å². The Hall–Kier alpha value is -2.53. The van der Waals surface area contributed by atoms with Crippen molar-refractivity contribution in [3.63, 3.8) is 0 Å². The largest absolute Gasteiger partial charge is 0.379 e. The highest BCUT2D eigenvalue weighted by molar-refractivity contribution is 7.90. The van der Waals surface area contributed by atoms with Crippen LogP contribution in [0.1, 0.15) is 0 Å². The lowest BCUT2D eigenvalue weighted by atomic mass is 10.1. The standard InChI is InChI=1S/C19H19FN4O3S2/c20-16-6-1-2-7-17(16)21-19-22-18(13-28-19)14-4-3-5-15(12-14)23-29(25,26)24-8-10-27-11-9-24/h1-7,12-13,23H,8-11H2,(H,21,22). The van der Waals surface area contributed by atoms with E-state index in [1.54, 1.807) is 36.4 Å². The zero-order chi connectivity index (χ0) is 20.3. The molecule has 2 heterocycles. The van der Waals surface area contributed by atoms with Crippen LogP contribution in [0.4, 0.5) is 20.9 Å². The lowest BCUT2D eigenvalue weighted by Gasteiger charge is -2.26. The molecule has 29 heavy (non-hydrogen) atoms. The molecule has 2 N–H and O–H groups in total. The second-order valence-corrected chi connectivity index (χ2v) is 8.87. The average molecular weight is 435 g/mol. The van der Waals surface area contributed by atoms with Gasteiger partial charge in [-0.25, -0.2) is 9.37 Å². The first-order valence-corrected chi connectivity index (χ1v) is 11.3. The molecule has 1 aliphatic heterocycles. The van der Waals surface area contributed by atoms with Gasteiger partial charge >= 0.3 is 10.2 Å². The van der Waals surface area contributed by atoms with Crippen molar-refractivity contribution in [3.05, 3.63) is 59.7 Å². The number of nitrogens with zero attached hydrogens (tertiary/aromatic N) is 2. The number of rotatable bonds is 6. The number of anilines is 3. The van der Waals surface area contributed by atoms with Crippen molar-refractivity contribution in [2.75, 3.05) is 36.3 Å². The van der Waals surface area contributed by atoms with Crippen LogP contribution in [0.2, 0.25) is 0 Å². The van der Waals surface area contributed by atoms with Crippen molar-refractivity contribution in [3.8, 4) is 11.3 Å². The number of morpholine rings is 1. The molecule has 4 rings (SSSR count). The fraction of sp³-hybridized carbons (Fsp3) is 0.211. The molecular formula is C19H19FN4O3S2. The van der Waals surface area contributed by atoms with Crippen molar-refractivity contribution in [2.24, 2.45) is 0 Å². The molecule has 0 aliphatic carbocycles. The van der Waals surface area contributed by atoms with Crippen LogP contribution < -0.4 is 10.0 Å². The van der Waals surface area contributed by atoms with Gasteiger partial charge in [-0.1, -0.05) is 24.3 Å². The van der Waals surface area contributed by atoms with E-state index in [0.29, 0.717) is 48.5 Å². The van der Waals surface area contributed by atoms with E-state index in [9.17, 15) is 12.8 Å². The molecule has 0 amide bonds. The van der Waals surface area contributed by atoms with Crippen molar-refractivity contribution < 1.29 is 17.5 Å². The maximum Gasteiger partial charge on any atom is 0.301 e. The highest BCUT2D eigenvalue weighted by atomic mass is 32.2. The van der Waals surface area contributed by atoms with Crippen LogP contribution >= 0.6 is 11.3 Å². The first-order chi connectivity index (χ1) is 14.0. The summed E-state index contributed by atoms with van der Waals surface area (Å²) >= 11 is 1.34. The van der Waals surface area contributed by atoms with Crippen LogP contribution in [-0.2, 0) is 14.9 Å². The smallest absolute Gasteiger partial charge is 0.301 e. The minimum absolute atomic E-state index is 0.326. The van der Waals surface area contributed by atoms with Gasteiger partial charge < -0.3 is 10.1 Å². The minimum atomic E-state index is -3.64. The van der Waals surface area contributed by atoms with Crippen LogP contribution in [-0.4, -0.2) is 44.0 Å². The van der Waals surface area contributed by atoms with Crippen LogP contribution in [0, 0.1) is 5.82 Å². The van der Waals surface area contributed by atoms with Crippen LogP contribution in [0.15, 0.2) is 53.9 Å². The lowest BCUT2D eigenvalue weighted by Crippen LogP contribution is -2.43. The van der Waals surface area contributed by atoms with Gasteiger partial charge in [-0.2, -0.15) is 12.7 Å². The molecule has 1 aliphatic rings. The number of para-hydroxylation sites is 1. The Bertz CT molecular complexity index is 1100. The van der Waals surface area contributed by atoms with E-state index in [1.807, 2.05) is 11.4 Å². The number of thiazole rings is 1. The molecule has 3 aromatic rings. The van der Waals surface area contributed by atoms with Gasteiger partial charge in [0.25, 0.3) is 0 Å². The normalized spacial score (nSPS) is 15.2. The van der Waals surface area contributed by atoms with E-state index in [1.165, 1.54) is 21.7 Å². The zero-order valence-electron chi connectivity index (χ0n) is 15.3. The highest BCUT2D eigenvalue weighted by Crippen LogP contribution is 2.29. The summed E-state index contributed by atoms with van der Waals surface area (Å²) in [5, 5.41) is 5.34. The Morgan fingerprint density at radius 3 is 2.69 bits per heavy atom. The second kappa shape index (κ2) is 8.46. The summed E-state index contributed by atoms with van der Waals surface area (Å²) in [7, 11) is -3.64. The van der Waals surface area contributed by atoms with E-state index >= 15 is 0 Å². The third-order valence-corrected chi connectivity index (χ3v) is 6.63. The molecule has 0 saturated carbocycles. The lowest BCUT2D eigenvalue weighted by molar-refractivity contribution is 0.0733. The summed E-state index contributed by atoms with van der Waals surface area (Å²) in [6, 6.07) is 13.4. The quantitative estimate of drug-likeness (QED) is 0.618. The number of ether oxygens (including phenoxy) is 1. The summed E-state index contributed by atoms with van der Waals surface area (Å²) in [5.41, 5.74) is 2.22. The van der Waals surface area contributed by atoms with Crippen LogP contribution in [0.3, 0.4) is 0 Å². The Morgan fingerprint density at radius 1 is 1.10 bits per heavy atom. The van der Waals surface area contributed by atoms with Gasteiger partial charge in [0.15, 0.2) is 5.13 Å². The average Bonchev–Trinajstić information content (AvgIpc) is 3.19. The number of benzene rings is 2. The van der Waals surface area contributed by atoms with Gasteiger partial charge in [0, 0.05) is 24.0 Å². The topological polar surface area (TPSA) is 83.6 Å². The molecule has 10 heteroatoms. The number of aromatic nitrogens is 1. The third-order valence-electron chi connectivity index (χ3n) is 4.33. The van der Waals surface area contributed by atoms with Gasteiger partial charge in [-0.15, -0.1) is 11.3 Å². The number of nitrogens with one attached hydrogen (secondary N) is 2. The van der Waals surface area contributed by atoms with E-state index < -0.39 is 10.2 Å². The highest BCUT2D eigenvalue weighted by Gasteiger charge is 2.24. The number of hydrogen-bond donors (Lipinski definition) is 2. The predicted octanol–water partition coefficient (Wildman–Crippen LogP) is 3.68. The van der Waals surface area contributed by atoms with E-state index in [0.717, 1.165) is 5.56 Å². The molecule has 0 radical (unpaired) electrons. The summed E-state index contributed by atoms with van der Waals surface area (Å²) in [5.74, 6) is -0.358. The number of halogens is 1. The van der Waals surface area contributed by atoms with Gasteiger partial charge in [0.2, 0.25) is 0 Å². The predicted molar refractivity (Wildman–Crippen MR) is 112 cm³/mol. The third kappa shape index (κ3) is 4.73. The SMILES string of the molecule is O=S(=O)(Nc1cccc(-c2csc(Nc3ccccc3F)n2)c1)N1CCOCC1. The molecule has 1 fully saturated rings. The Labute approximate surface area is 172 Å². The fourth-order valence-corrected chi connectivity index (χ4v) is 4.80. The molecule has 0 atom stereocenters. The monoisotopic (exact) mass is 434 g/mol. The molecule has 1 aromatic heterocycles. The minimum Gasteiger partial charge on any atom is -0.379 e. The molecule has 1 saturated heterocycles. The molecule has 7 nitrogen and oxygen atoms in total. The van der Waals surface area contributed by atoms with E-state index in [-0.39, 0.29) is 5.82 Å². The van der Waals surface area contributed by atoms with Gasteiger partial charge in [-0.3, -0.25) is 4.72 Å². The molecule has 0 spiro atoms. The molecule has 0 bridgehead atoms. The summed E-state index contributed by atoms with van der Waals surface area (Å²) < 4.78 is 48.1. The summed E-state index contributed by atoms with van der Waals surface area (Å²) in [6.07, 6.45) is 0.